The molecule has 0 spiro atoms. The summed E-state index contributed by atoms with van der Waals surface area (Å²) < 4.78 is 0. The van der Waals surface area contributed by atoms with Crippen LogP contribution in [0.3, 0.4) is 0 Å². The highest BCUT2D eigenvalue weighted by Crippen LogP contribution is 2.28. The Morgan fingerprint density at radius 1 is 1.47 bits per heavy atom. The first-order valence-electron chi connectivity index (χ1n) is 6.21. The average molecular weight is 261 g/mol. The summed E-state index contributed by atoms with van der Waals surface area (Å²) in [6.45, 7) is 6.50. The van der Waals surface area contributed by atoms with E-state index in [1.54, 1.807) is 12.1 Å². The average Bonchev–Trinajstić information content (AvgIpc) is 2.35. The Balaban J connectivity index is 2.78. The lowest BCUT2D eigenvalue weighted by Crippen LogP contribution is -2.23. The van der Waals surface area contributed by atoms with E-state index in [9.17, 15) is 10.1 Å². The molecule has 0 aliphatic rings. The third-order valence-corrected chi connectivity index (χ3v) is 3.02. The molecule has 5 nitrogen and oxygen atoms in total. The number of nitro benzene ring substituents is 1. The Morgan fingerprint density at radius 2 is 2.16 bits per heavy atom. The van der Waals surface area contributed by atoms with Gasteiger partial charge in [0.1, 0.15) is 5.69 Å². The molecule has 0 radical (unpaired) electrons. The topological polar surface area (TPSA) is 79.0 Å². The van der Waals surface area contributed by atoms with E-state index in [0.717, 1.165) is 12.0 Å². The first-order valence-corrected chi connectivity index (χ1v) is 6.21. The predicted octanol–water partition coefficient (Wildman–Crippen LogP) is 3.65. The molecule has 1 rings (SSSR count). The van der Waals surface area contributed by atoms with E-state index < -0.39 is 0 Å². The maximum Gasteiger partial charge on any atom is 0.292 e. The molecule has 19 heavy (non-hydrogen) atoms. The molecular weight excluding hydrogens is 242 g/mol. The molecule has 5 heteroatoms. The fourth-order valence-corrected chi connectivity index (χ4v) is 1.76. The van der Waals surface area contributed by atoms with Crippen LogP contribution in [0.4, 0.5) is 11.4 Å². The van der Waals surface area contributed by atoms with Crippen LogP contribution in [0.2, 0.25) is 0 Å². The number of hydrogen-bond donors (Lipinski definition) is 1. The molecule has 0 saturated carbocycles. The zero-order chi connectivity index (χ0) is 14.5. The van der Waals surface area contributed by atoms with E-state index in [1.165, 1.54) is 0 Å². The molecular formula is C14H19N3O2. The van der Waals surface area contributed by atoms with Gasteiger partial charge in [0, 0.05) is 19.0 Å². The highest BCUT2D eigenvalue weighted by atomic mass is 16.6. The first kappa shape index (κ1) is 15.0. The fourth-order valence-electron chi connectivity index (χ4n) is 1.76. The summed E-state index contributed by atoms with van der Waals surface area (Å²) in [4.78, 5) is 10.6. The number of nitro groups is 1. The molecule has 0 aliphatic carbocycles. The highest BCUT2D eigenvalue weighted by Gasteiger charge is 2.20. The Morgan fingerprint density at radius 3 is 2.74 bits per heavy atom. The van der Waals surface area contributed by atoms with Crippen LogP contribution in [0.5, 0.6) is 0 Å². The highest BCUT2D eigenvalue weighted by molar-refractivity contribution is 5.62. The largest absolute Gasteiger partial charge is 0.379 e. The quantitative estimate of drug-likeness (QED) is 0.626. The van der Waals surface area contributed by atoms with Crippen LogP contribution >= 0.6 is 0 Å². The zero-order valence-corrected chi connectivity index (χ0v) is 11.6. The van der Waals surface area contributed by atoms with E-state index in [0.29, 0.717) is 18.7 Å². The molecule has 0 bridgehead atoms. The van der Waals surface area contributed by atoms with E-state index in [-0.39, 0.29) is 16.0 Å². The van der Waals surface area contributed by atoms with Crippen LogP contribution in [-0.2, 0) is 0 Å². The van der Waals surface area contributed by atoms with E-state index in [2.05, 4.69) is 11.4 Å². The number of nitriles is 1. The number of rotatable bonds is 6. The molecule has 102 valence electrons. The van der Waals surface area contributed by atoms with Crippen molar-refractivity contribution in [3.05, 3.63) is 33.9 Å². The molecule has 0 atom stereocenters. The lowest BCUT2D eigenvalue weighted by molar-refractivity contribution is -0.384. The van der Waals surface area contributed by atoms with Gasteiger partial charge in [0.25, 0.3) is 5.69 Å². The maximum atomic E-state index is 11.0. The molecule has 0 aliphatic heterocycles. The van der Waals surface area contributed by atoms with Gasteiger partial charge in [0.2, 0.25) is 0 Å². The van der Waals surface area contributed by atoms with Crippen molar-refractivity contribution >= 4 is 11.4 Å². The number of anilines is 1. The Labute approximate surface area is 113 Å². The molecule has 0 aromatic heterocycles. The van der Waals surface area contributed by atoms with Crippen LogP contribution in [-0.4, -0.2) is 11.5 Å². The summed E-state index contributed by atoms with van der Waals surface area (Å²) in [5.41, 5.74) is 1.41. The van der Waals surface area contributed by atoms with Crippen LogP contribution in [0.15, 0.2) is 18.2 Å². The molecule has 0 amide bonds. The van der Waals surface area contributed by atoms with Gasteiger partial charge in [-0.2, -0.15) is 5.26 Å². The molecule has 0 heterocycles. The van der Waals surface area contributed by atoms with Gasteiger partial charge in [-0.1, -0.05) is 19.9 Å². The van der Waals surface area contributed by atoms with Crippen LogP contribution < -0.4 is 5.32 Å². The normalized spacial score (nSPS) is 10.8. The fraction of sp³-hybridized carbons (Fsp3) is 0.500. The zero-order valence-electron chi connectivity index (χ0n) is 11.6. The van der Waals surface area contributed by atoms with Crippen molar-refractivity contribution in [2.45, 2.75) is 33.6 Å². The standard InChI is InChI=1S/C14H19N3O2/c1-11-5-6-12(13(9-11)17(18)19)16-10-14(2,3)7-4-8-15/h5-6,9,16H,4,7,10H2,1-3H3. The van der Waals surface area contributed by atoms with Crippen LogP contribution in [0, 0.1) is 33.8 Å². The lowest BCUT2D eigenvalue weighted by atomic mass is 9.88. The molecule has 1 aromatic carbocycles. The number of nitrogens with one attached hydrogen (secondary N) is 1. The molecule has 0 unspecified atom stereocenters. The minimum atomic E-state index is -0.377. The summed E-state index contributed by atoms with van der Waals surface area (Å²) >= 11 is 0. The van der Waals surface area contributed by atoms with Crippen molar-refractivity contribution in [3.63, 3.8) is 0 Å². The Bertz CT molecular complexity index is 504. The van der Waals surface area contributed by atoms with Gasteiger partial charge >= 0.3 is 0 Å². The second-order valence-electron chi connectivity index (χ2n) is 5.45. The van der Waals surface area contributed by atoms with Gasteiger partial charge in [-0.05, 0) is 30.4 Å². The van der Waals surface area contributed by atoms with E-state index in [4.69, 9.17) is 5.26 Å². The van der Waals surface area contributed by atoms with E-state index in [1.807, 2.05) is 26.8 Å². The van der Waals surface area contributed by atoms with Crippen molar-refractivity contribution in [2.75, 3.05) is 11.9 Å². The molecule has 0 saturated heterocycles. The van der Waals surface area contributed by atoms with Gasteiger partial charge in [-0.3, -0.25) is 10.1 Å². The summed E-state index contributed by atoms with van der Waals surface area (Å²) in [6, 6.07) is 7.26. The molecule has 1 N–H and O–H groups in total. The summed E-state index contributed by atoms with van der Waals surface area (Å²) in [5.74, 6) is 0. The second kappa shape index (κ2) is 6.19. The van der Waals surface area contributed by atoms with Gasteiger partial charge in [-0.15, -0.1) is 0 Å². The third-order valence-electron chi connectivity index (χ3n) is 3.02. The van der Waals surface area contributed by atoms with Gasteiger partial charge in [-0.25, -0.2) is 0 Å². The van der Waals surface area contributed by atoms with Gasteiger partial charge in [0.15, 0.2) is 0 Å². The van der Waals surface area contributed by atoms with Crippen LogP contribution in [0.1, 0.15) is 32.3 Å². The summed E-state index contributed by atoms with van der Waals surface area (Å²) in [6.07, 6.45) is 1.25. The number of benzene rings is 1. The monoisotopic (exact) mass is 261 g/mol. The molecule has 1 aromatic rings. The Kier molecular flexibility index (Phi) is 4.87. The molecule has 0 fully saturated rings. The van der Waals surface area contributed by atoms with Crippen molar-refractivity contribution in [1.29, 1.82) is 5.26 Å². The first-order chi connectivity index (χ1) is 8.85. The van der Waals surface area contributed by atoms with Crippen molar-refractivity contribution in [2.24, 2.45) is 5.41 Å². The van der Waals surface area contributed by atoms with Crippen LogP contribution in [0.25, 0.3) is 0 Å². The lowest BCUT2D eigenvalue weighted by Gasteiger charge is -2.24. The minimum absolute atomic E-state index is 0.0749. The SMILES string of the molecule is Cc1ccc(NCC(C)(C)CCC#N)c([N+](=O)[O-])c1. The predicted molar refractivity (Wildman–Crippen MR) is 75.0 cm³/mol. The number of aryl methyl sites for hydroxylation is 1. The summed E-state index contributed by atoms with van der Waals surface area (Å²) in [7, 11) is 0. The smallest absolute Gasteiger partial charge is 0.292 e. The van der Waals surface area contributed by atoms with Crippen molar-refractivity contribution in [3.8, 4) is 6.07 Å². The number of nitrogens with zero attached hydrogens (tertiary/aromatic N) is 2. The third kappa shape index (κ3) is 4.59. The van der Waals surface area contributed by atoms with Crippen molar-refractivity contribution in [1.82, 2.24) is 0 Å². The second-order valence-corrected chi connectivity index (χ2v) is 5.45. The van der Waals surface area contributed by atoms with Gasteiger partial charge < -0.3 is 5.32 Å². The number of hydrogen-bond acceptors (Lipinski definition) is 4. The van der Waals surface area contributed by atoms with E-state index >= 15 is 0 Å². The minimum Gasteiger partial charge on any atom is -0.379 e. The van der Waals surface area contributed by atoms with Gasteiger partial charge in [0.05, 0.1) is 11.0 Å². The Hall–Kier alpha value is -2.09. The maximum absolute atomic E-state index is 11.0. The summed E-state index contributed by atoms with van der Waals surface area (Å²) in [5, 5.41) is 22.7. The van der Waals surface area contributed by atoms with Crippen molar-refractivity contribution < 1.29 is 4.92 Å².